The number of nitrogens with zero attached hydrogens (tertiary/aromatic N) is 2. The fraction of sp³-hybridized carbons (Fsp3) is 0.391. The summed E-state index contributed by atoms with van der Waals surface area (Å²) in [6.07, 6.45) is 0.124. The number of rotatable bonds is 7. The van der Waals surface area contributed by atoms with E-state index in [0.717, 1.165) is 16.9 Å². The minimum Gasteiger partial charge on any atom is -0.489 e. The topological polar surface area (TPSA) is 85.1 Å². The van der Waals surface area contributed by atoms with E-state index in [1.807, 2.05) is 54.6 Å². The number of benzene rings is 2. The smallest absolute Gasteiger partial charge is 0.409 e. The molecule has 0 saturated carbocycles. The molecule has 1 aliphatic heterocycles. The number of halogens is 1. The van der Waals surface area contributed by atoms with Crippen LogP contribution in [0.15, 0.2) is 54.6 Å². The zero-order valence-corrected chi connectivity index (χ0v) is 18.6. The van der Waals surface area contributed by atoms with Gasteiger partial charge in [-0.3, -0.25) is 4.79 Å². The van der Waals surface area contributed by atoms with Crippen LogP contribution < -0.4 is 10.5 Å². The van der Waals surface area contributed by atoms with Gasteiger partial charge < -0.3 is 25.0 Å². The molecule has 3 rings (SSSR count). The molecule has 1 fully saturated rings. The Labute approximate surface area is 189 Å². The second kappa shape index (κ2) is 12.2. The SMILES string of the molecule is CCOC(=O)N1CCN(C(=O)C(N)Cc2ccc(OCc3ccccc3)cc2)CC1.Cl. The summed E-state index contributed by atoms with van der Waals surface area (Å²) in [5.74, 6) is 0.681. The van der Waals surface area contributed by atoms with Crippen LogP contribution in [0.2, 0.25) is 0 Å². The van der Waals surface area contributed by atoms with Gasteiger partial charge in [0.2, 0.25) is 5.91 Å². The van der Waals surface area contributed by atoms with Gasteiger partial charge in [0.05, 0.1) is 12.6 Å². The van der Waals surface area contributed by atoms with E-state index in [0.29, 0.717) is 45.8 Å². The first-order valence-electron chi connectivity index (χ1n) is 10.3. The van der Waals surface area contributed by atoms with Crippen molar-refractivity contribution in [3.8, 4) is 5.75 Å². The number of piperazine rings is 1. The Kier molecular flexibility index (Phi) is 9.62. The van der Waals surface area contributed by atoms with Crippen LogP contribution in [-0.2, 0) is 22.6 Å². The first kappa shape index (κ1) is 24.5. The van der Waals surface area contributed by atoms with Crippen LogP contribution in [0.3, 0.4) is 0 Å². The molecule has 1 atom stereocenters. The summed E-state index contributed by atoms with van der Waals surface area (Å²) >= 11 is 0. The molecular formula is C23H30ClN3O4. The standard InChI is InChI=1S/C23H29N3O4.ClH/c1-2-29-23(28)26-14-12-25(13-15-26)22(27)21(24)16-18-8-10-20(11-9-18)30-17-19-6-4-3-5-7-19;/h3-11,21H,2,12-17,24H2,1H3;1H. The quantitative estimate of drug-likeness (QED) is 0.705. The van der Waals surface area contributed by atoms with Crippen LogP contribution in [0.5, 0.6) is 5.75 Å². The van der Waals surface area contributed by atoms with E-state index in [1.165, 1.54) is 0 Å². The minimum absolute atomic E-state index is 0. The summed E-state index contributed by atoms with van der Waals surface area (Å²) in [7, 11) is 0. The summed E-state index contributed by atoms with van der Waals surface area (Å²) < 4.78 is 10.8. The predicted molar refractivity (Wildman–Crippen MR) is 121 cm³/mol. The fourth-order valence-electron chi connectivity index (χ4n) is 3.36. The van der Waals surface area contributed by atoms with Crippen molar-refractivity contribution < 1.29 is 19.1 Å². The summed E-state index contributed by atoms with van der Waals surface area (Å²) in [5, 5.41) is 0. The van der Waals surface area contributed by atoms with Crippen LogP contribution in [-0.4, -0.2) is 60.6 Å². The average Bonchev–Trinajstić information content (AvgIpc) is 2.79. The Morgan fingerprint density at radius 3 is 2.16 bits per heavy atom. The third-order valence-corrected chi connectivity index (χ3v) is 5.06. The Hall–Kier alpha value is -2.77. The Balaban J connectivity index is 0.00000341. The molecule has 0 bridgehead atoms. The predicted octanol–water partition coefficient (Wildman–Crippen LogP) is 2.86. The molecule has 1 aliphatic rings. The minimum atomic E-state index is -0.616. The molecule has 2 N–H and O–H groups in total. The van der Waals surface area contributed by atoms with Gasteiger partial charge in [0.25, 0.3) is 0 Å². The van der Waals surface area contributed by atoms with E-state index in [-0.39, 0.29) is 24.4 Å². The summed E-state index contributed by atoms with van der Waals surface area (Å²) in [6, 6.07) is 17.0. The van der Waals surface area contributed by atoms with Crippen LogP contribution in [0, 0.1) is 0 Å². The molecule has 168 valence electrons. The molecule has 1 heterocycles. The second-order valence-electron chi connectivity index (χ2n) is 7.24. The van der Waals surface area contributed by atoms with Gasteiger partial charge in [-0.25, -0.2) is 4.79 Å². The van der Waals surface area contributed by atoms with E-state index in [4.69, 9.17) is 15.2 Å². The highest BCUT2D eigenvalue weighted by Crippen LogP contribution is 2.16. The van der Waals surface area contributed by atoms with Crippen LogP contribution >= 0.6 is 12.4 Å². The third kappa shape index (κ3) is 7.15. The number of ether oxygens (including phenoxy) is 2. The van der Waals surface area contributed by atoms with Gasteiger partial charge in [-0.15, -0.1) is 12.4 Å². The molecule has 8 heteroatoms. The summed E-state index contributed by atoms with van der Waals surface area (Å²) in [6.45, 7) is 4.50. The molecule has 0 aliphatic carbocycles. The Morgan fingerprint density at radius 2 is 1.55 bits per heavy atom. The molecule has 2 aromatic rings. The van der Waals surface area contributed by atoms with E-state index in [1.54, 1.807) is 16.7 Å². The van der Waals surface area contributed by atoms with Crippen LogP contribution in [0.25, 0.3) is 0 Å². The Morgan fingerprint density at radius 1 is 0.935 bits per heavy atom. The monoisotopic (exact) mass is 447 g/mol. The first-order chi connectivity index (χ1) is 14.6. The molecule has 2 aromatic carbocycles. The maximum Gasteiger partial charge on any atom is 0.409 e. The van der Waals surface area contributed by atoms with Gasteiger partial charge in [-0.05, 0) is 36.6 Å². The number of hydrogen-bond donors (Lipinski definition) is 1. The molecule has 7 nitrogen and oxygen atoms in total. The van der Waals surface area contributed by atoms with Crippen LogP contribution in [0.1, 0.15) is 18.1 Å². The second-order valence-corrected chi connectivity index (χ2v) is 7.24. The number of hydrogen-bond acceptors (Lipinski definition) is 5. The zero-order chi connectivity index (χ0) is 21.3. The average molecular weight is 448 g/mol. The van der Waals surface area contributed by atoms with Crippen molar-refractivity contribution in [2.75, 3.05) is 32.8 Å². The van der Waals surface area contributed by atoms with E-state index in [9.17, 15) is 9.59 Å². The number of carbonyl (C=O) groups is 2. The number of carbonyl (C=O) groups excluding carboxylic acids is 2. The van der Waals surface area contributed by atoms with Crippen molar-refractivity contribution >= 4 is 24.4 Å². The zero-order valence-electron chi connectivity index (χ0n) is 17.7. The van der Waals surface area contributed by atoms with Crippen molar-refractivity contribution in [3.63, 3.8) is 0 Å². The fourth-order valence-corrected chi connectivity index (χ4v) is 3.36. The van der Waals surface area contributed by atoms with Gasteiger partial charge in [-0.2, -0.15) is 0 Å². The van der Waals surface area contributed by atoms with Gasteiger partial charge >= 0.3 is 6.09 Å². The van der Waals surface area contributed by atoms with Crippen molar-refractivity contribution in [2.45, 2.75) is 26.0 Å². The molecule has 2 amide bonds. The van der Waals surface area contributed by atoms with E-state index in [2.05, 4.69) is 0 Å². The van der Waals surface area contributed by atoms with E-state index >= 15 is 0 Å². The third-order valence-electron chi connectivity index (χ3n) is 5.06. The summed E-state index contributed by atoms with van der Waals surface area (Å²) in [4.78, 5) is 27.8. The van der Waals surface area contributed by atoms with Crippen LogP contribution in [0.4, 0.5) is 4.79 Å². The lowest BCUT2D eigenvalue weighted by Crippen LogP contribution is -2.54. The lowest BCUT2D eigenvalue weighted by molar-refractivity contribution is -0.134. The highest BCUT2D eigenvalue weighted by Gasteiger charge is 2.27. The molecule has 0 radical (unpaired) electrons. The molecule has 31 heavy (non-hydrogen) atoms. The van der Waals surface area contributed by atoms with Gasteiger partial charge in [0, 0.05) is 26.2 Å². The number of amides is 2. The van der Waals surface area contributed by atoms with Crippen molar-refractivity contribution in [2.24, 2.45) is 5.73 Å². The van der Waals surface area contributed by atoms with Crippen molar-refractivity contribution in [3.05, 3.63) is 65.7 Å². The lowest BCUT2D eigenvalue weighted by atomic mass is 10.0. The van der Waals surface area contributed by atoms with Crippen molar-refractivity contribution in [1.29, 1.82) is 0 Å². The highest BCUT2D eigenvalue weighted by atomic mass is 35.5. The highest BCUT2D eigenvalue weighted by molar-refractivity contribution is 5.85. The molecule has 0 aromatic heterocycles. The molecule has 0 spiro atoms. The molecule has 1 saturated heterocycles. The lowest BCUT2D eigenvalue weighted by Gasteiger charge is -2.35. The van der Waals surface area contributed by atoms with E-state index < -0.39 is 6.04 Å². The normalized spacial score (nSPS) is 14.4. The molecule has 1 unspecified atom stereocenters. The van der Waals surface area contributed by atoms with Crippen molar-refractivity contribution in [1.82, 2.24) is 9.80 Å². The maximum atomic E-state index is 12.7. The first-order valence-corrected chi connectivity index (χ1v) is 10.3. The largest absolute Gasteiger partial charge is 0.489 e. The van der Waals surface area contributed by atoms with Gasteiger partial charge in [-0.1, -0.05) is 42.5 Å². The van der Waals surface area contributed by atoms with Gasteiger partial charge in [0.15, 0.2) is 0 Å². The molecular weight excluding hydrogens is 418 g/mol. The maximum absolute atomic E-state index is 12.7. The summed E-state index contributed by atoms with van der Waals surface area (Å²) in [5.41, 5.74) is 8.26. The van der Waals surface area contributed by atoms with Gasteiger partial charge in [0.1, 0.15) is 12.4 Å². The number of nitrogens with two attached hydrogens (primary N) is 1. The Bertz CT molecular complexity index is 824.